The molecule has 0 saturated heterocycles. The van der Waals surface area contributed by atoms with Gasteiger partial charge in [-0.3, -0.25) is 4.79 Å². The second-order valence-electron chi connectivity index (χ2n) is 3.31. The average molecular weight is 297 g/mol. The van der Waals surface area contributed by atoms with E-state index < -0.39 is 0 Å². The molecule has 0 atom stereocenters. The van der Waals surface area contributed by atoms with Gasteiger partial charge in [-0.15, -0.1) is 10.2 Å². The van der Waals surface area contributed by atoms with Crippen LogP contribution >= 0.6 is 15.9 Å². The largest absolute Gasteiger partial charge is 0.483 e. The third-order valence-electron chi connectivity index (χ3n) is 2.01. The Morgan fingerprint density at radius 3 is 2.88 bits per heavy atom. The molecule has 5 nitrogen and oxygen atoms in total. The second kappa shape index (κ2) is 5.09. The van der Waals surface area contributed by atoms with Crippen molar-refractivity contribution in [2.75, 3.05) is 0 Å². The molecular weight excluding hydrogens is 288 g/mol. The van der Waals surface area contributed by atoms with Crippen LogP contribution in [0, 0.1) is 6.92 Å². The van der Waals surface area contributed by atoms with Crippen molar-refractivity contribution >= 4 is 22.2 Å². The van der Waals surface area contributed by atoms with Gasteiger partial charge in [0.2, 0.25) is 5.89 Å². The first-order chi connectivity index (χ1) is 8.19. The number of carbonyl (C=O) groups excluding carboxylic acids is 1. The quantitative estimate of drug-likeness (QED) is 0.811. The van der Waals surface area contributed by atoms with Crippen LogP contribution in [-0.2, 0) is 6.61 Å². The lowest BCUT2D eigenvalue weighted by Gasteiger charge is -2.05. The van der Waals surface area contributed by atoms with Crippen LogP contribution in [0.1, 0.15) is 22.1 Å². The highest BCUT2D eigenvalue weighted by molar-refractivity contribution is 9.10. The van der Waals surface area contributed by atoms with Gasteiger partial charge in [-0.25, -0.2) is 0 Å². The molecule has 0 amide bonds. The molecule has 88 valence electrons. The van der Waals surface area contributed by atoms with Crippen molar-refractivity contribution in [1.82, 2.24) is 10.2 Å². The summed E-state index contributed by atoms with van der Waals surface area (Å²) in [6.45, 7) is 1.91. The molecule has 0 unspecified atom stereocenters. The molecule has 0 aliphatic carbocycles. The maximum absolute atomic E-state index is 10.6. The highest BCUT2D eigenvalue weighted by Gasteiger charge is 2.06. The number of aryl methyl sites for hydroxylation is 1. The van der Waals surface area contributed by atoms with Crippen molar-refractivity contribution in [1.29, 1.82) is 0 Å². The third-order valence-corrected chi connectivity index (χ3v) is 2.63. The summed E-state index contributed by atoms with van der Waals surface area (Å²) in [4.78, 5) is 10.6. The Morgan fingerprint density at radius 2 is 2.29 bits per heavy atom. The monoisotopic (exact) mass is 296 g/mol. The molecule has 0 bridgehead atoms. The number of hydrogen-bond acceptors (Lipinski definition) is 5. The normalized spacial score (nSPS) is 10.2. The molecule has 0 spiro atoms. The van der Waals surface area contributed by atoms with E-state index in [1.54, 1.807) is 25.1 Å². The minimum absolute atomic E-state index is 0.194. The zero-order chi connectivity index (χ0) is 12.3. The van der Waals surface area contributed by atoms with Gasteiger partial charge in [-0.05, 0) is 34.1 Å². The Labute approximate surface area is 106 Å². The van der Waals surface area contributed by atoms with Gasteiger partial charge in [0.05, 0.1) is 4.47 Å². The molecule has 0 aliphatic rings. The van der Waals surface area contributed by atoms with Crippen LogP contribution < -0.4 is 4.74 Å². The van der Waals surface area contributed by atoms with Gasteiger partial charge in [-0.1, -0.05) is 0 Å². The lowest BCUT2D eigenvalue weighted by atomic mass is 10.2. The van der Waals surface area contributed by atoms with Crippen LogP contribution in [0.25, 0.3) is 0 Å². The molecule has 0 saturated carbocycles. The maximum Gasteiger partial charge on any atom is 0.253 e. The zero-order valence-corrected chi connectivity index (χ0v) is 10.6. The van der Waals surface area contributed by atoms with Crippen LogP contribution in [0.2, 0.25) is 0 Å². The number of halogens is 1. The molecule has 17 heavy (non-hydrogen) atoms. The fraction of sp³-hybridized carbons (Fsp3) is 0.182. The molecule has 1 heterocycles. The highest BCUT2D eigenvalue weighted by Crippen LogP contribution is 2.26. The number of ether oxygens (including phenoxy) is 1. The Kier molecular flexibility index (Phi) is 3.53. The molecule has 0 N–H and O–H groups in total. The van der Waals surface area contributed by atoms with Gasteiger partial charge in [0.1, 0.15) is 12.0 Å². The number of nitrogens with zero attached hydrogens (tertiary/aromatic N) is 2. The summed E-state index contributed by atoms with van der Waals surface area (Å²) in [5.41, 5.74) is 0.581. The van der Waals surface area contributed by atoms with E-state index in [4.69, 9.17) is 9.15 Å². The number of aromatic nitrogens is 2. The minimum Gasteiger partial charge on any atom is -0.483 e. The Hall–Kier alpha value is -1.69. The molecule has 0 aliphatic heterocycles. The third kappa shape index (κ3) is 2.91. The number of hydrogen-bond donors (Lipinski definition) is 0. The smallest absolute Gasteiger partial charge is 0.253 e. The van der Waals surface area contributed by atoms with Crippen LogP contribution in [-0.4, -0.2) is 16.5 Å². The summed E-state index contributed by atoms with van der Waals surface area (Å²) in [5.74, 6) is 1.53. The zero-order valence-electron chi connectivity index (χ0n) is 9.01. The molecule has 2 aromatic rings. The highest BCUT2D eigenvalue weighted by atomic mass is 79.9. The summed E-state index contributed by atoms with van der Waals surface area (Å²) < 4.78 is 11.4. The SMILES string of the molecule is Cc1nnc(COc2ccc(C=O)cc2Br)o1. The van der Waals surface area contributed by atoms with Gasteiger partial charge in [0, 0.05) is 12.5 Å². The van der Waals surface area contributed by atoms with E-state index in [1.807, 2.05) is 0 Å². The van der Waals surface area contributed by atoms with Gasteiger partial charge < -0.3 is 9.15 Å². The Balaban J connectivity index is 2.06. The molecule has 1 aromatic carbocycles. The fourth-order valence-corrected chi connectivity index (χ4v) is 1.75. The van der Waals surface area contributed by atoms with Crippen LogP contribution in [0.5, 0.6) is 5.75 Å². The van der Waals surface area contributed by atoms with E-state index in [9.17, 15) is 4.79 Å². The van der Waals surface area contributed by atoms with Gasteiger partial charge in [0.25, 0.3) is 5.89 Å². The van der Waals surface area contributed by atoms with Gasteiger partial charge in [0.15, 0.2) is 6.61 Å². The summed E-state index contributed by atoms with van der Waals surface area (Å²) in [5, 5.41) is 7.51. The van der Waals surface area contributed by atoms with Crippen LogP contribution in [0.4, 0.5) is 0 Å². The predicted molar refractivity (Wildman–Crippen MR) is 62.9 cm³/mol. The molecule has 2 rings (SSSR count). The van der Waals surface area contributed by atoms with Gasteiger partial charge in [-0.2, -0.15) is 0 Å². The van der Waals surface area contributed by atoms with E-state index in [-0.39, 0.29) is 6.61 Å². The molecular formula is C11H9BrN2O3. The first kappa shape index (κ1) is 11.8. The molecule has 6 heteroatoms. The van der Waals surface area contributed by atoms with Crippen molar-refractivity contribution in [2.24, 2.45) is 0 Å². The average Bonchev–Trinajstić information content (AvgIpc) is 2.73. The number of carbonyl (C=O) groups is 1. The standard InChI is InChI=1S/C11H9BrN2O3/c1-7-13-14-11(17-7)6-16-10-3-2-8(5-15)4-9(10)12/h2-5H,6H2,1H3. The van der Waals surface area contributed by atoms with Crippen molar-refractivity contribution in [3.63, 3.8) is 0 Å². The van der Waals surface area contributed by atoms with E-state index in [2.05, 4.69) is 26.1 Å². The molecule has 0 fully saturated rings. The number of benzene rings is 1. The van der Waals surface area contributed by atoms with Crippen LogP contribution in [0.15, 0.2) is 27.1 Å². The van der Waals surface area contributed by atoms with E-state index in [0.29, 0.717) is 27.6 Å². The Bertz CT molecular complexity index is 539. The second-order valence-corrected chi connectivity index (χ2v) is 4.17. The molecule has 1 aromatic heterocycles. The lowest BCUT2D eigenvalue weighted by molar-refractivity contribution is 0.112. The molecule has 0 radical (unpaired) electrons. The topological polar surface area (TPSA) is 65.2 Å². The van der Waals surface area contributed by atoms with E-state index in [0.717, 1.165) is 6.29 Å². The van der Waals surface area contributed by atoms with Crippen molar-refractivity contribution in [3.8, 4) is 5.75 Å². The van der Waals surface area contributed by atoms with Crippen molar-refractivity contribution in [2.45, 2.75) is 13.5 Å². The minimum atomic E-state index is 0.194. The number of aldehydes is 1. The van der Waals surface area contributed by atoms with E-state index >= 15 is 0 Å². The van der Waals surface area contributed by atoms with Gasteiger partial charge >= 0.3 is 0 Å². The first-order valence-electron chi connectivity index (χ1n) is 4.85. The van der Waals surface area contributed by atoms with Crippen molar-refractivity contribution < 1.29 is 13.9 Å². The summed E-state index contributed by atoms with van der Waals surface area (Å²) in [6.07, 6.45) is 0.774. The Morgan fingerprint density at radius 1 is 1.47 bits per heavy atom. The first-order valence-corrected chi connectivity index (χ1v) is 5.65. The number of rotatable bonds is 4. The summed E-state index contributed by atoms with van der Waals surface area (Å²) in [6, 6.07) is 5.06. The predicted octanol–water partition coefficient (Wildman–Crippen LogP) is 2.53. The summed E-state index contributed by atoms with van der Waals surface area (Å²) >= 11 is 3.32. The van der Waals surface area contributed by atoms with Crippen molar-refractivity contribution in [3.05, 3.63) is 40.0 Å². The lowest BCUT2D eigenvalue weighted by Crippen LogP contribution is -1.96. The summed E-state index contributed by atoms with van der Waals surface area (Å²) in [7, 11) is 0. The maximum atomic E-state index is 10.6. The fourth-order valence-electron chi connectivity index (χ4n) is 1.24. The van der Waals surface area contributed by atoms with E-state index in [1.165, 1.54) is 0 Å². The van der Waals surface area contributed by atoms with Crippen LogP contribution in [0.3, 0.4) is 0 Å².